The fourth-order valence-corrected chi connectivity index (χ4v) is 9.38. The van der Waals surface area contributed by atoms with E-state index in [-0.39, 0.29) is 16.1 Å². The van der Waals surface area contributed by atoms with Crippen molar-refractivity contribution in [3.05, 3.63) is 12.2 Å². The summed E-state index contributed by atoms with van der Waals surface area (Å²) in [7, 11) is -2.41. The molecule has 0 rings (SSSR count). The van der Waals surface area contributed by atoms with Crippen LogP contribution >= 0.6 is 0 Å². The summed E-state index contributed by atoms with van der Waals surface area (Å²) in [5, 5.41) is 8.53. The Kier molecular flexibility index (Phi) is 6.67. The first kappa shape index (κ1) is 18.9. The van der Waals surface area contributed by atoms with Crippen LogP contribution in [-0.4, -0.2) is 25.4 Å². The van der Waals surface area contributed by atoms with Gasteiger partial charge in [0.15, 0.2) is 0 Å². The molecular weight excluding hydrogens is 272 g/mol. The lowest BCUT2D eigenvalue weighted by atomic mass is 10.1. The van der Waals surface area contributed by atoms with Gasteiger partial charge in [-0.3, -0.25) is 0 Å². The number of carbonyl (C=O) groups is 2. The monoisotopic (exact) mass is 300 g/mol. The Balaban J connectivity index is 5.55. The van der Waals surface area contributed by atoms with Crippen molar-refractivity contribution in [2.75, 3.05) is 0 Å². The molecule has 0 bridgehead atoms. The standard InChI is InChI=1S/C15H28O4Si/c1-8-15(6,7)20(11(2)3,12(4)5)19-14(18)10-9-13(16)17/h9-12H,8H2,1-7H3,(H,16,17)/b10-9+. The van der Waals surface area contributed by atoms with Gasteiger partial charge in [0.1, 0.15) is 0 Å². The van der Waals surface area contributed by atoms with E-state index in [9.17, 15) is 9.59 Å². The minimum atomic E-state index is -2.41. The van der Waals surface area contributed by atoms with Crippen LogP contribution < -0.4 is 0 Å². The van der Waals surface area contributed by atoms with Crippen molar-refractivity contribution >= 4 is 20.3 Å². The summed E-state index contributed by atoms with van der Waals surface area (Å²) < 4.78 is 5.92. The molecule has 5 heteroatoms. The molecule has 0 aromatic rings. The molecule has 0 aliphatic carbocycles. The van der Waals surface area contributed by atoms with Crippen LogP contribution in [0.25, 0.3) is 0 Å². The Morgan fingerprint density at radius 1 is 1.15 bits per heavy atom. The fraction of sp³-hybridized carbons (Fsp3) is 0.733. The van der Waals surface area contributed by atoms with Crippen LogP contribution in [0.5, 0.6) is 0 Å². The van der Waals surface area contributed by atoms with E-state index in [0.29, 0.717) is 0 Å². The van der Waals surface area contributed by atoms with E-state index < -0.39 is 20.3 Å². The molecule has 0 aliphatic rings. The average Bonchev–Trinajstić information content (AvgIpc) is 2.32. The molecule has 0 fully saturated rings. The molecule has 0 amide bonds. The Morgan fingerprint density at radius 2 is 1.60 bits per heavy atom. The number of carboxylic acids is 1. The Hall–Kier alpha value is -1.10. The molecule has 0 saturated heterocycles. The minimum absolute atomic E-state index is 0.0674. The summed E-state index contributed by atoms with van der Waals surface area (Å²) in [6.07, 6.45) is 2.77. The van der Waals surface area contributed by atoms with Gasteiger partial charge in [0, 0.05) is 12.2 Å². The topological polar surface area (TPSA) is 63.6 Å². The number of carbonyl (C=O) groups excluding carboxylic acids is 1. The van der Waals surface area contributed by atoms with E-state index in [0.717, 1.165) is 18.6 Å². The Labute approximate surface area is 123 Å². The molecule has 0 radical (unpaired) electrons. The molecule has 1 N–H and O–H groups in total. The van der Waals surface area contributed by atoms with Gasteiger partial charge in [-0.25, -0.2) is 9.59 Å². The largest absolute Gasteiger partial charge is 0.515 e. The Bertz CT molecular complexity index is 375. The predicted molar refractivity (Wildman–Crippen MR) is 83.1 cm³/mol. The summed E-state index contributed by atoms with van der Waals surface area (Å²) in [4.78, 5) is 22.5. The Morgan fingerprint density at radius 3 is 1.90 bits per heavy atom. The third-order valence-corrected chi connectivity index (χ3v) is 10.7. The maximum atomic E-state index is 12.0. The smallest absolute Gasteiger partial charge is 0.328 e. The van der Waals surface area contributed by atoms with Gasteiger partial charge in [0.2, 0.25) is 0 Å². The second-order valence-electron chi connectivity index (χ2n) is 6.43. The minimum Gasteiger partial charge on any atom is -0.515 e. The normalized spacial score (nSPS) is 13.2. The molecular formula is C15H28O4Si. The summed E-state index contributed by atoms with van der Waals surface area (Å²) in [6, 6.07) is 0. The van der Waals surface area contributed by atoms with Crippen molar-refractivity contribution in [1.82, 2.24) is 0 Å². The van der Waals surface area contributed by atoms with Crippen molar-refractivity contribution in [2.45, 2.75) is 71.0 Å². The van der Waals surface area contributed by atoms with Gasteiger partial charge >= 0.3 is 11.9 Å². The van der Waals surface area contributed by atoms with Crippen LogP contribution in [0.3, 0.4) is 0 Å². The molecule has 0 aliphatic heterocycles. The van der Waals surface area contributed by atoms with Gasteiger partial charge in [-0.05, 0) is 16.1 Å². The fourth-order valence-electron chi connectivity index (χ4n) is 3.22. The zero-order valence-corrected chi connectivity index (χ0v) is 14.7. The van der Waals surface area contributed by atoms with Crippen molar-refractivity contribution in [1.29, 1.82) is 0 Å². The van der Waals surface area contributed by atoms with Crippen LogP contribution in [0.1, 0.15) is 54.9 Å². The maximum Gasteiger partial charge on any atom is 0.328 e. The molecule has 0 unspecified atom stereocenters. The quantitative estimate of drug-likeness (QED) is 0.567. The lowest BCUT2D eigenvalue weighted by Gasteiger charge is -2.48. The highest BCUT2D eigenvalue weighted by molar-refractivity contribution is 6.80. The van der Waals surface area contributed by atoms with E-state index in [2.05, 4.69) is 48.5 Å². The van der Waals surface area contributed by atoms with Crippen LogP contribution in [0.15, 0.2) is 12.2 Å². The first-order valence-electron chi connectivity index (χ1n) is 7.15. The zero-order valence-electron chi connectivity index (χ0n) is 13.7. The van der Waals surface area contributed by atoms with Gasteiger partial charge < -0.3 is 9.53 Å². The molecule has 116 valence electrons. The maximum absolute atomic E-state index is 12.0. The SMILES string of the molecule is CCC(C)(C)[Si](OC(=O)/C=C/C(=O)O)(C(C)C)C(C)C. The number of hydrogen-bond acceptors (Lipinski definition) is 3. The number of hydrogen-bond donors (Lipinski definition) is 1. The van der Waals surface area contributed by atoms with Crippen LogP contribution in [0.2, 0.25) is 16.1 Å². The molecule has 0 aromatic carbocycles. The van der Waals surface area contributed by atoms with E-state index in [1.165, 1.54) is 0 Å². The molecule has 0 atom stereocenters. The lowest BCUT2D eigenvalue weighted by Crippen LogP contribution is -2.54. The van der Waals surface area contributed by atoms with E-state index >= 15 is 0 Å². The van der Waals surface area contributed by atoms with E-state index in [4.69, 9.17) is 9.53 Å². The van der Waals surface area contributed by atoms with E-state index in [1.54, 1.807) is 0 Å². The number of carboxylic acid groups (broad SMARTS) is 1. The molecule has 0 saturated carbocycles. The van der Waals surface area contributed by atoms with Gasteiger partial charge in [-0.2, -0.15) is 0 Å². The molecule has 0 heterocycles. The van der Waals surface area contributed by atoms with Crippen LogP contribution in [0.4, 0.5) is 0 Å². The van der Waals surface area contributed by atoms with Gasteiger partial charge in [-0.15, -0.1) is 0 Å². The van der Waals surface area contributed by atoms with Crippen LogP contribution in [0, 0.1) is 0 Å². The second-order valence-corrected chi connectivity index (χ2v) is 11.9. The summed E-state index contributed by atoms with van der Waals surface area (Å²) >= 11 is 0. The van der Waals surface area contributed by atoms with Crippen molar-refractivity contribution in [2.24, 2.45) is 0 Å². The number of rotatable bonds is 7. The third-order valence-electron chi connectivity index (χ3n) is 4.29. The summed E-state index contributed by atoms with van der Waals surface area (Å²) in [5.41, 5.74) is 0.527. The molecule has 4 nitrogen and oxygen atoms in total. The second kappa shape index (κ2) is 7.06. The average molecular weight is 300 g/mol. The summed E-state index contributed by atoms with van der Waals surface area (Å²) in [5.74, 6) is -1.68. The molecule has 0 spiro atoms. The number of aliphatic carboxylic acids is 1. The highest BCUT2D eigenvalue weighted by atomic mass is 28.4. The van der Waals surface area contributed by atoms with Crippen LogP contribution in [-0.2, 0) is 14.0 Å². The first-order chi connectivity index (χ1) is 9.01. The van der Waals surface area contributed by atoms with Crippen molar-refractivity contribution in [3.8, 4) is 0 Å². The van der Waals surface area contributed by atoms with E-state index in [1.807, 2.05) is 0 Å². The van der Waals surface area contributed by atoms with Crippen molar-refractivity contribution < 1.29 is 19.1 Å². The van der Waals surface area contributed by atoms with Gasteiger partial charge in [0.05, 0.1) is 0 Å². The first-order valence-corrected chi connectivity index (χ1v) is 9.21. The third kappa shape index (κ3) is 3.95. The van der Waals surface area contributed by atoms with Gasteiger partial charge in [0.25, 0.3) is 8.32 Å². The van der Waals surface area contributed by atoms with Gasteiger partial charge in [-0.1, -0.05) is 54.9 Å². The zero-order chi connectivity index (χ0) is 16.1. The highest BCUT2D eigenvalue weighted by Gasteiger charge is 2.55. The summed E-state index contributed by atoms with van der Waals surface area (Å²) in [6.45, 7) is 14.8. The van der Waals surface area contributed by atoms with Crippen molar-refractivity contribution in [3.63, 3.8) is 0 Å². The molecule has 20 heavy (non-hydrogen) atoms. The lowest BCUT2D eigenvalue weighted by molar-refractivity contribution is -0.133. The highest BCUT2D eigenvalue weighted by Crippen LogP contribution is 2.53. The molecule has 0 aromatic heterocycles. The predicted octanol–water partition coefficient (Wildman–Crippen LogP) is 4.13.